The summed E-state index contributed by atoms with van der Waals surface area (Å²) >= 11 is 0. The lowest BCUT2D eigenvalue weighted by Crippen LogP contribution is -2.49. The number of amidine groups is 1. The largest absolute Gasteiger partial charge is 0.372 e. The normalized spacial score (nSPS) is 18.0. The molecule has 0 bridgehead atoms. The maximum absolute atomic E-state index is 4.92. The van der Waals surface area contributed by atoms with Crippen molar-refractivity contribution in [2.24, 2.45) is 4.99 Å². The summed E-state index contributed by atoms with van der Waals surface area (Å²) in [7, 11) is 2.16. The van der Waals surface area contributed by atoms with Crippen LogP contribution in [0, 0.1) is 0 Å². The molecular formula is C20H24N4. The molecule has 124 valence electrons. The SMILES string of the molecule is CN1CCN=C(N2CCN(c3ccccc3)CC2)c2ccccc21. The van der Waals surface area contributed by atoms with E-state index in [2.05, 4.69) is 76.3 Å². The van der Waals surface area contributed by atoms with E-state index in [1.165, 1.54) is 22.8 Å². The lowest BCUT2D eigenvalue weighted by Gasteiger charge is -2.38. The third-order valence-corrected chi connectivity index (χ3v) is 4.95. The Bertz CT molecular complexity index is 717. The van der Waals surface area contributed by atoms with Gasteiger partial charge in [0.15, 0.2) is 0 Å². The summed E-state index contributed by atoms with van der Waals surface area (Å²) in [6.45, 7) is 5.96. The molecule has 2 aromatic carbocycles. The van der Waals surface area contributed by atoms with E-state index in [0.29, 0.717) is 0 Å². The van der Waals surface area contributed by atoms with E-state index >= 15 is 0 Å². The van der Waals surface area contributed by atoms with Crippen LogP contribution in [0.25, 0.3) is 0 Å². The monoisotopic (exact) mass is 320 g/mol. The summed E-state index contributed by atoms with van der Waals surface area (Å²) in [5, 5.41) is 0. The van der Waals surface area contributed by atoms with Crippen molar-refractivity contribution in [3.05, 3.63) is 60.2 Å². The van der Waals surface area contributed by atoms with Crippen LogP contribution in [0.15, 0.2) is 59.6 Å². The molecular weight excluding hydrogens is 296 g/mol. The highest BCUT2D eigenvalue weighted by molar-refractivity contribution is 6.04. The Kier molecular flexibility index (Phi) is 4.11. The maximum atomic E-state index is 4.92. The molecule has 0 spiro atoms. The predicted octanol–water partition coefficient (Wildman–Crippen LogP) is 2.71. The van der Waals surface area contributed by atoms with E-state index in [9.17, 15) is 0 Å². The van der Waals surface area contributed by atoms with Gasteiger partial charge in [0.1, 0.15) is 5.84 Å². The molecule has 0 N–H and O–H groups in total. The van der Waals surface area contributed by atoms with Crippen LogP contribution in [0.5, 0.6) is 0 Å². The van der Waals surface area contributed by atoms with Gasteiger partial charge < -0.3 is 14.7 Å². The highest BCUT2D eigenvalue weighted by Gasteiger charge is 2.24. The Morgan fingerprint density at radius 3 is 2.21 bits per heavy atom. The molecule has 1 fully saturated rings. The molecule has 4 nitrogen and oxygen atoms in total. The topological polar surface area (TPSA) is 22.1 Å². The minimum Gasteiger partial charge on any atom is -0.372 e. The van der Waals surface area contributed by atoms with E-state index in [-0.39, 0.29) is 0 Å². The Balaban J connectivity index is 1.53. The number of benzene rings is 2. The van der Waals surface area contributed by atoms with Gasteiger partial charge in [0.2, 0.25) is 0 Å². The van der Waals surface area contributed by atoms with E-state index in [1.807, 2.05) is 0 Å². The zero-order chi connectivity index (χ0) is 16.4. The average molecular weight is 320 g/mol. The number of benzodiazepines with no additional fused rings is 1. The summed E-state index contributed by atoms with van der Waals surface area (Å²) in [5.74, 6) is 1.17. The van der Waals surface area contributed by atoms with Crippen LogP contribution in [-0.2, 0) is 0 Å². The zero-order valence-corrected chi connectivity index (χ0v) is 14.2. The molecule has 0 unspecified atom stereocenters. The molecule has 0 amide bonds. The van der Waals surface area contributed by atoms with Gasteiger partial charge in [-0.05, 0) is 24.3 Å². The Morgan fingerprint density at radius 2 is 1.42 bits per heavy atom. The maximum Gasteiger partial charge on any atom is 0.133 e. The number of likely N-dealkylation sites (N-methyl/N-ethyl adjacent to an activating group) is 1. The Labute approximate surface area is 144 Å². The van der Waals surface area contributed by atoms with Crippen molar-refractivity contribution in [3.8, 4) is 0 Å². The number of nitrogens with zero attached hydrogens (tertiary/aromatic N) is 4. The molecule has 2 heterocycles. The van der Waals surface area contributed by atoms with Crippen molar-refractivity contribution < 1.29 is 0 Å². The van der Waals surface area contributed by atoms with Crippen molar-refractivity contribution >= 4 is 17.2 Å². The first-order valence-electron chi connectivity index (χ1n) is 8.73. The quantitative estimate of drug-likeness (QED) is 0.806. The second-order valence-electron chi connectivity index (χ2n) is 6.45. The lowest BCUT2D eigenvalue weighted by molar-refractivity contribution is 0.386. The van der Waals surface area contributed by atoms with Gasteiger partial charge in [-0.2, -0.15) is 0 Å². The van der Waals surface area contributed by atoms with Crippen LogP contribution in [0.2, 0.25) is 0 Å². The molecule has 24 heavy (non-hydrogen) atoms. The Morgan fingerprint density at radius 1 is 0.750 bits per heavy atom. The second-order valence-corrected chi connectivity index (χ2v) is 6.45. The van der Waals surface area contributed by atoms with Gasteiger partial charge >= 0.3 is 0 Å². The highest BCUT2D eigenvalue weighted by atomic mass is 15.3. The summed E-state index contributed by atoms with van der Waals surface area (Å²) in [6, 6.07) is 19.3. The second kappa shape index (κ2) is 6.56. The van der Waals surface area contributed by atoms with Gasteiger partial charge in [-0.1, -0.05) is 30.3 Å². The third-order valence-electron chi connectivity index (χ3n) is 4.95. The number of aliphatic imine (C=N–C) groups is 1. The lowest BCUT2D eigenvalue weighted by atomic mass is 10.1. The van der Waals surface area contributed by atoms with Gasteiger partial charge in [-0.15, -0.1) is 0 Å². The minimum atomic E-state index is 0.861. The fourth-order valence-electron chi connectivity index (χ4n) is 3.59. The zero-order valence-electron chi connectivity index (χ0n) is 14.2. The van der Waals surface area contributed by atoms with E-state index in [1.54, 1.807) is 0 Å². The fourth-order valence-corrected chi connectivity index (χ4v) is 3.59. The molecule has 0 aliphatic carbocycles. The van der Waals surface area contributed by atoms with Crippen LogP contribution >= 0.6 is 0 Å². The molecule has 4 heteroatoms. The number of fused-ring (bicyclic) bond motifs is 1. The van der Waals surface area contributed by atoms with E-state index in [0.717, 1.165) is 39.3 Å². The highest BCUT2D eigenvalue weighted by Crippen LogP contribution is 2.25. The van der Waals surface area contributed by atoms with Gasteiger partial charge in [0.05, 0.1) is 6.54 Å². The first-order valence-corrected chi connectivity index (χ1v) is 8.73. The van der Waals surface area contributed by atoms with Crippen molar-refractivity contribution in [3.63, 3.8) is 0 Å². The van der Waals surface area contributed by atoms with Crippen molar-refractivity contribution in [2.45, 2.75) is 0 Å². The standard InChI is InChI=1S/C20H24N4/c1-22-12-11-21-20(18-9-5-6-10-19(18)22)24-15-13-23(14-16-24)17-7-3-2-4-8-17/h2-10H,11-16H2,1H3. The molecule has 2 aliphatic rings. The molecule has 1 saturated heterocycles. The molecule has 2 aliphatic heterocycles. The van der Waals surface area contributed by atoms with E-state index < -0.39 is 0 Å². The smallest absolute Gasteiger partial charge is 0.133 e. The number of anilines is 2. The van der Waals surface area contributed by atoms with Crippen LogP contribution in [0.4, 0.5) is 11.4 Å². The first kappa shape index (κ1) is 15.1. The summed E-state index contributed by atoms with van der Waals surface area (Å²) in [4.78, 5) is 12.2. The number of hydrogen-bond acceptors (Lipinski definition) is 4. The number of piperazine rings is 1. The van der Waals surface area contributed by atoms with Gasteiger partial charge in [0, 0.05) is 56.7 Å². The number of rotatable bonds is 1. The molecule has 4 rings (SSSR count). The fraction of sp³-hybridized carbons (Fsp3) is 0.350. The van der Waals surface area contributed by atoms with Crippen molar-refractivity contribution in [1.82, 2.24) is 4.90 Å². The third kappa shape index (κ3) is 2.84. The van der Waals surface area contributed by atoms with Gasteiger partial charge in [-0.3, -0.25) is 4.99 Å². The van der Waals surface area contributed by atoms with Gasteiger partial charge in [0.25, 0.3) is 0 Å². The number of hydrogen-bond donors (Lipinski definition) is 0. The van der Waals surface area contributed by atoms with Crippen LogP contribution in [0.3, 0.4) is 0 Å². The van der Waals surface area contributed by atoms with Crippen molar-refractivity contribution in [1.29, 1.82) is 0 Å². The summed E-state index contributed by atoms with van der Waals surface area (Å²) in [5.41, 5.74) is 3.88. The van der Waals surface area contributed by atoms with Crippen LogP contribution in [-0.4, -0.2) is 57.1 Å². The predicted molar refractivity (Wildman–Crippen MR) is 101 cm³/mol. The van der Waals surface area contributed by atoms with Gasteiger partial charge in [-0.25, -0.2) is 0 Å². The summed E-state index contributed by atoms with van der Waals surface area (Å²) in [6.07, 6.45) is 0. The summed E-state index contributed by atoms with van der Waals surface area (Å²) < 4.78 is 0. The molecule has 0 aromatic heterocycles. The Hall–Kier alpha value is -2.49. The molecule has 0 saturated carbocycles. The van der Waals surface area contributed by atoms with Crippen LogP contribution < -0.4 is 9.80 Å². The van der Waals surface area contributed by atoms with Crippen LogP contribution in [0.1, 0.15) is 5.56 Å². The minimum absolute atomic E-state index is 0.861. The van der Waals surface area contributed by atoms with Crippen molar-refractivity contribution in [2.75, 3.05) is 56.1 Å². The first-order chi connectivity index (χ1) is 11.8. The molecule has 0 atom stereocenters. The average Bonchev–Trinajstić information content (AvgIpc) is 2.82. The van der Waals surface area contributed by atoms with E-state index in [4.69, 9.17) is 4.99 Å². The molecule has 0 radical (unpaired) electrons. The molecule has 2 aromatic rings. The number of para-hydroxylation sites is 2.